The second-order valence-electron chi connectivity index (χ2n) is 5.00. The minimum absolute atomic E-state index is 0.128. The third kappa shape index (κ3) is 2.76. The zero-order valence-corrected chi connectivity index (χ0v) is 14.3. The van der Waals surface area contributed by atoms with E-state index < -0.39 is 0 Å². The molecule has 0 fully saturated rings. The van der Waals surface area contributed by atoms with Crippen LogP contribution in [0.3, 0.4) is 0 Å². The molecule has 0 bridgehead atoms. The van der Waals surface area contributed by atoms with Crippen LogP contribution in [-0.2, 0) is 7.05 Å². The molecule has 3 rings (SSSR count). The van der Waals surface area contributed by atoms with E-state index in [1.807, 2.05) is 25.1 Å². The molecule has 114 valence electrons. The predicted octanol–water partition coefficient (Wildman–Crippen LogP) is 4.12. The first-order chi connectivity index (χ1) is 10.5. The number of fused-ring (bicyclic) bond motifs is 1. The Balaban J connectivity index is 1.91. The van der Waals surface area contributed by atoms with Crippen molar-refractivity contribution >= 4 is 44.2 Å². The molecule has 0 spiro atoms. The molecule has 2 aromatic heterocycles. The van der Waals surface area contributed by atoms with E-state index in [1.165, 1.54) is 4.68 Å². The number of anilines is 1. The Hall–Kier alpha value is -1.79. The van der Waals surface area contributed by atoms with Crippen molar-refractivity contribution in [1.29, 1.82) is 0 Å². The molecule has 5 nitrogen and oxygen atoms in total. The van der Waals surface area contributed by atoms with Gasteiger partial charge >= 0.3 is 0 Å². The number of benzene rings is 1. The van der Waals surface area contributed by atoms with Crippen LogP contribution >= 0.6 is 27.5 Å². The Bertz CT molecular complexity index is 903. The molecule has 0 radical (unpaired) electrons. The van der Waals surface area contributed by atoms with Gasteiger partial charge in [-0.15, -0.1) is 0 Å². The van der Waals surface area contributed by atoms with Gasteiger partial charge < -0.3 is 9.73 Å². The summed E-state index contributed by atoms with van der Waals surface area (Å²) in [5, 5.41) is 8.83. The first kappa shape index (κ1) is 15.1. The molecular weight excluding hydrogens is 370 g/mol. The minimum atomic E-state index is -0.200. The topological polar surface area (TPSA) is 60.1 Å². The lowest BCUT2D eigenvalue weighted by Gasteiger charge is -2.13. The highest BCUT2D eigenvalue weighted by Crippen LogP contribution is 2.29. The summed E-state index contributed by atoms with van der Waals surface area (Å²) < 4.78 is 7.52. The molecule has 1 unspecified atom stereocenters. The predicted molar refractivity (Wildman–Crippen MR) is 90.4 cm³/mol. The third-order valence-electron chi connectivity index (χ3n) is 3.37. The van der Waals surface area contributed by atoms with Crippen LogP contribution in [0.2, 0.25) is 5.02 Å². The zero-order valence-electron chi connectivity index (χ0n) is 11.9. The van der Waals surface area contributed by atoms with E-state index >= 15 is 0 Å². The SMILES string of the molecule is CC(Nc1cnn(C)c(=O)c1Br)c1cc2cc(Cl)ccc2o1. The van der Waals surface area contributed by atoms with Crippen molar-refractivity contribution in [3.63, 3.8) is 0 Å². The zero-order chi connectivity index (χ0) is 15.9. The quantitative estimate of drug-likeness (QED) is 0.740. The Kier molecular flexibility index (Phi) is 3.97. The molecule has 0 saturated carbocycles. The maximum Gasteiger partial charge on any atom is 0.282 e. The fourth-order valence-electron chi connectivity index (χ4n) is 2.16. The van der Waals surface area contributed by atoms with Crippen molar-refractivity contribution in [2.45, 2.75) is 13.0 Å². The second kappa shape index (κ2) is 5.78. The lowest BCUT2D eigenvalue weighted by atomic mass is 10.2. The lowest BCUT2D eigenvalue weighted by molar-refractivity contribution is 0.525. The number of nitrogens with zero attached hydrogens (tertiary/aromatic N) is 2. The standard InChI is InChI=1S/C15H13BrClN3O2/c1-8(19-11-7-18-20(2)15(21)14(11)16)13-6-9-5-10(17)3-4-12(9)22-13/h3-8,19H,1-2H3. The molecule has 22 heavy (non-hydrogen) atoms. The van der Waals surface area contributed by atoms with E-state index in [2.05, 4.69) is 26.3 Å². The van der Waals surface area contributed by atoms with E-state index in [9.17, 15) is 4.79 Å². The Morgan fingerprint density at radius 1 is 1.41 bits per heavy atom. The third-order valence-corrected chi connectivity index (χ3v) is 4.38. The summed E-state index contributed by atoms with van der Waals surface area (Å²) in [5.74, 6) is 0.754. The highest BCUT2D eigenvalue weighted by Gasteiger charge is 2.15. The Labute approximate surface area is 140 Å². The van der Waals surface area contributed by atoms with Crippen LogP contribution in [-0.4, -0.2) is 9.78 Å². The van der Waals surface area contributed by atoms with E-state index in [1.54, 1.807) is 19.3 Å². The summed E-state index contributed by atoms with van der Waals surface area (Å²) in [7, 11) is 1.60. The van der Waals surface area contributed by atoms with Crippen molar-refractivity contribution in [3.05, 3.63) is 56.1 Å². The normalized spacial score (nSPS) is 12.5. The van der Waals surface area contributed by atoms with E-state index in [0.717, 1.165) is 16.7 Å². The van der Waals surface area contributed by atoms with Gasteiger partial charge in [0.25, 0.3) is 5.56 Å². The smallest absolute Gasteiger partial charge is 0.282 e. The highest BCUT2D eigenvalue weighted by atomic mass is 79.9. The molecule has 0 aliphatic heterocycles. The van der Waals surface area contributed by atoms with Crippen LogP contribution in [0.5, 0.6) is 0 Å². The van der Waals surface area contributed by atoms with Crippen molar-refractivity contribution < 1.29 is 4.42 Å². The van der Waals surface area contributed by atoms with Crippen LogP contribution in [0.1, 0.15) is 18.7 Å². The van der Waals surface area contributed by atoms with Gasteiger partial charge in [-0.05, 0) is 47.1 Å². The van der Waals surface area contributed by atoms with Crippen LogP contribution in [0.15, 0.2) is 44.1 Å². The number of hydrogen-bond donors (Lipinski definition) is 1. The summed E-state index contributed by atoms with van der Waals surface area (Å²) >= 11 is 9.27. The average molecular weight is 383 g/mol. The van der Waals surface area contributed by atoms with Gasteiger partial charge in [0.2, 0.25) is 0 Å². The van der Waals surface area contributed by atoms with Crippen molar-refractivity contribution in [2.75, 3.05) is 5.32 Å². The van der Waals surface area contributed by atoms with Crippen molar-refractivity contribution in [3.8, 4) is 0 Å². The van der Waals surface area contributed by atoms with Gasteiger partial charge in [-0.2, -0.15) is 5.10 Å². The van der Waals surface area contributed by atoms with Gasteiger partial charge in [-0.1, -0.05) is 11.6 Å². The number of aryl methyl sites for hydroxylation is 1. The molecule has 0 saturated heterocycles. The Morgan fingerprint density at radius 3 is 2.95 bits per heavy atom. The molecular formula is C15H13BrClN3O2. The van der Waals surface area contributed by atoms with Gasteiger partial charge in [0.1, 0.15) is 15.8 Å². The van der Waals surface area contributed by atoms with Gasteiger partial charge in [0.05, 0.1) is 17.9 Å². The first-order valence-corrected chi connectivity index (χ1v) is 7.80. The Morgan fingerprint density at radius 2 is 2.18 bits per heavy atom. The number of nitrogens with one attached hydrogen (secondary N) is 1. The molecule has 2 heterocycles. The second-order valence-corrected chi connectivity index (χ2v) is 6.23. The summed E-state index contributed by atoms with van der Waals surface area (Å²) in [6, 6.07) is 7.28. The van der Waals surface area contributed by atoms with E-state index in [4.69, 9.17) is 16.0 Å². The maximum absolute atomic E-state index is 11.9. The molecule has 1 atom stereocenters. The molecule has 0 aliphatic carbocycles. The van der Waals surface area contributed by atoms with Gasteiger partial charge in [0.15, 0.2) is 0 Å². The van der Waals surface area contributed by atoms with E-state index in [0.29, 0.717) is 15.2 Å². The summed E-state index contributed by atoms with van der Waals surface area (Å²) in [6.07, 6.45) is 1.60. The van der Waals surface area contributed by atoms with Crippen molar-refractivity contribution in [2.24, 2.45) is 7.05 Å². The monoisotopic (exact) mass is 381 g/mol. The number of halogens is 2. The minimum Gasteiger partial charge on any atom is -0.459 e. The molecule has 3 aromatic rings. The van der Waals surface area contributed by atoms with Crippen LogP contribution in [0.25, 0.3) is 11.0 Å². The highest BCUT2D eigenvalue weighted by molar-refractivity contribution is 9.10. The molecule has 1 N–H and O–H groups in total. The number of hydrogen-bond acceptors (Lipinski definition) is 4. The summed E-state index contributed by atoms with van der Waals surface area (Å²) in [4.78, 5) is 11.9. The van der Waals surface area contributed by atoms with Gasteiger partial charge in [-0.3, -0.25) is 4.79 Å². The van der Waals surface area contributed by atoms with E-state index in [-0.39, 0.29) is 11.6 Å². The maximum atomic E-state index is 11.9. The fraction of sp³-hybridized carbons (Fsp3) is 0.200. The molecule has 1 aromatic carbocycles. The summed E-state index contributed by atoms with van der Waals surface area (Å²) in [6.45, 7) is 1.95. The molecule has 0 aliphatic rings. The molecule has 7 heteroatoms. The summed E-state index contributed by atoms with van der Waals surface area (Å²) in [5.41, 5.74) is 1.19. The van der Waals surface area contributed by atoms with Gasteiger partial charge in [-0.25, -0.2) is 4.68 Å². The average Bonchev–Trinajstić information content (AvgIpc) is 2.91. The first-order valence-electron chi connectivity index (χ1n) is 6.63. The number of rotatable bonds is 3. The lowest BCUT2D eigenvalue weighted by Crippen LogP contribution is -2.21. The fourth-order valence-corrected chi connectivity index (χ4v) is 2.82. The van der Waals surface area contributed by atoms with Crippen LogP contribution in [0, 0.1) is 0 Å². The van der Waals surface area contributed by atoms with Crippen molar-refractivity contribution in [1.82, 2.24) is 9.78 Å². The number of furan rings is 1. The number of aromatic nitrogens is 2. The largest absolute Gasteiger partial charge is 0.459 e. The van der Waals surface area contributed by atoms with Crippen LogP contribution in [0.4, 0.5) is 5.69 Å². The van der Waals surface area contributed by atoms with Crippen LogP contribution < -0.4 is 10.9 Å². The van der Waals surface area contributed by atoms with Gasteiger partial charge in [0, 0.05) is 17.5 Å². The molecule has 0 amide bonds.